The summed E-state index contributed by atoms with van der Waals surface area (Å²) in [5, 5.41) is 11.1. The van der Waals surface area contributed by atoms with Crippen molar-refractivity contribution in [3.63, 3.8) is 0 Å². The van der Waals surface area contributed by atoms with Crippen LogP contribution in [0.2, 0.25) is 0 Å². The zero-order valence-corrected chi connectivity index (χ0v) is 14.7. The monoisotopic (exact) mass is 358 g/mol. The van der Waals surface area contributed by atoms with Crippen molar-refractivity contribution in [2.75, 3.05) is 6.54 Å². The van der Waals surface area contributed by atoms with Crippen LogP contribution in [0.1, 0.15) is 36.2 Å². The van der Waals surface area contributed by atoms with Crippen molar-refractivity contribution in [1.29, 1.82) is 5.26 Å². The highest BCUT2D eigenvalue weighted by Gasteiger charge is 2.31. The fourth-order valence-corrected chi connectivity index (χ4v) is 4.04. The molecule has 0 aliphatic carbocycles. The molecule has 25 heavy (non-hydrogen) atoms. The van der Waals surface area contributed by atoms with Crippen LogP contribution in [0.4, 0.5) is 0 Å². The molecule has 0 aromatic carbocycles. The molecule has 1 aliphatic rings. The summed E-state index contributed by atoms with van der Waals surface area (Å²) in [6.45, 7) is 2.33. The van der Waals surface area contributed by atoms with Crippen molar-refractivity contribution in [2.45, 2.75) is 38.9 Å². The van der Waals surface area contributed by atoms with Crippen LogP contribution < -0.4 is 11.2 Å². The SMILES string of the molecule is CCn1cc(C#N)c(=O)n(CC(=O)N2CCC[C@H]2c2cccs2)c1=O. The van der Waals surface area contributed by atoms with Crippen LogP contribution >= 0.6 is 11.3 Å². The summed E-state index contributed by atoms with van der Waals surface area (Å²) in [5.41, 5.74) is -1.41. The molecule has 7 nitrogen and oxygen atoms in total. The summed E-state index contributed by atoms with van der Waals surface area (Å²) in [6.07, 6.45) is 3.01. The summed E-state index contributed by atoms with van der Waals surface area (Å²) in [6, 6.07) is 5.73. The summed E-state index contributed by atoms with van der Waals surface area (Å²) in [4.78, 5) is 40.3. The Kier molecular flexibility index (Phi) is 4.86. The molecule has 1 fully saturated rings. The van der Waals surface area contributed by atoms with E-state index in [1.165, 1.54) is 10.8 Å². The second-order valence-corrected chi connectivity index (χ2v) is 6.85. The van der Waals surface area contributed by atoms with Crippen LogP contribution in [-0.2, 0) is 17.9 Å². The quantitative estimate of drug-likeness (QED) is 0.825. The molecule has 0 spiro atoms. The van der Waals surface area contributed by atoms with Crippen LogP contribution in [0.25, 0.3) is 0 Å². The second-order valence-electron chi connectivity index (χ2n) is 5.88. The smallest absolute Gasteiger partial charge is 0.331 e. The van der Waals surface area contributed by atoms with Crippen molar-refractivity contribution in [2.24, 2.45) is 0 Å². The van der Waals surface area contributed by atoms with E-state index in [-0.39, 0.29) is 24.1 Å². The standard InChI is InChI=1S/C17H18N4O3S/c1-2-19-10-12(9-18)16(23)21(17(19)24)11-15(22)20-7-3-5-13(20)14-6-4-8-25-14/h4,6,8,10,13H,2-3,5,7,11H2,1H3/t13-/m0/s1. The maximum absolute atomic E-state index is 12.8. The highest BCUT2D eigenvalue weighted by molar-refractivity contribution is 7.10. The molecule has 130 valence electrons. The number of carbonyl (C=O) groups excluding carboxylic acids is 1. The lowest BCUT2D eigenvalue weighted by atomic mass is 10.2. The predicted octanol–water partition coefficient (Wildman–Crippen LogP) is 1.33. The van der Waals surface area contributed by atoms with E-state index in [0.29, 0.717) is 13.1 Å². The molecular formula is C17H18N4O3S. The number of rotatable bonds is 4. The van der Waals surface area contributed by atoms with E-state index in [4.69, 9.17) is 5.26 Å². The van der Waals surface area contributed by atoms with Gasteiger partial charge in [-0.1, -0.05) is 6.07 Å². The topological polar surface area (TPSA) is 88.1 Å². The van der Waals surface area contributed by atoms with Gasteiger partial charge in [0.1, 0.15) is 18.2 Å². The molecule has 8 heteroatoms. The fraction of sp³-hybridized carbons (Fsp3) is 0.412. The Morgan fingerprint density at radius 1 is 1.44 bits per heavy atom. The van der Waals surface area contributed by atoms with Crippen molar-refractivity contribution in [3.05, 3.63) is 55.0 Å². The van der Waals surface area contributed by atoms with E-state index in [1.54, 1.807) is 29.2 Å². The zero-order chi connectivity index (χ0) is 18.0. The van der Waals surface area contributed by atoms with Gasteiger partial charge in [0.2, 0.25) is 5.91 Å². The Balaban J connectivity index is 1.92. The molecule has 1 amide bonds. The molecule has 3 rings (SSSR count). The number of aromatic nitrogens is 2. The normalized spacial score (nSPS) is 16.8. The van der Waals surface area contributed by atoms with Crippen LogP contribution in [0.3, 0.4) is 0 Å². The number of aryl methyl sites for hydroxylation is 1. The predicted molar refractivity (Wildman–Crippen MR) is 93.4 cm³/mol. The maximum atomic E-state index is 12.8. The van der Waals surface area contributed by atoms with E-state index in [2.05, 4.69) is 0 Å². The van der Waals surface area contributed by atoms with Gasteiger partial charge >= 0.3 is 5.69 Å². The molecule has 2 aromatic heterocycles. The van der Waals surface area contributed by atoms with E-state index in [0.717, 1.165) is 22.3 Å². The molecule has 1 saturated heterocycles. The zero-order valence-electron chi connectivity index (χ0n) is 13.8. The molecule has 0 saturated carbocycles. The summed E-state index contributed by atoms with van der Waals surface area (Å²) < 4.78 is 2.14. The molecule has 0 N–H and O–H groups in total. The Morgan fingerprint density at radius 2 is 2.24 bits per heavy atom. The van der Waals surface area contributed by atoms with Gasteiger partial charge in [-0.2, -0.15) is 5.26 Å². The Labute approximate surface area is 148 Å². The van der Waals surface area contributed by atoms with Crippen molar-refractivity contribution >= 4 is 17.2 Å². The lowest BCUT2D eigenvalue weighted by molar-refractivity contribution is -0.132. The average Bonchev–Trinajstić information content (AvgIpc) is 3.29. The molecule has 1 atom stereocenters. The first-order valence-electron chi connectivity index (χ1n) is 8.14. The van der Waals surface area contributed by atoms with Crippen LogP contribution in [0.15, 0.2) is 33.3 Å². The summed E-state index contributed by atoms with van der Waals surface area (Å²) in [5.74, 6) is -0.271. The first-order valence-corrected chi connectivity index (χ1v) is 9.02. The van der Waals surface area contributed by atoms with Crippen LogP contribution in [-0.4, -0.2) is 26.5 Å². The second kappa shape index (κ2) is 7.07. The number of nitriles is 1. The van der Waals surface area contributed by atoms with Gasteiger partial charge in [-0.3, -0.25) is 14.2 Å². The van der Waals surface area contributed by atoms with E-state index in [1.807, 2.05) is 17.5 Å². The van der Waals surface area contributed by atoms with Crippen molar-refractivity contribution in [1.82, 2.24) is 14.0 Å². The number of thiophene rings is 1. The van der Waals surface area contributed by atoms with Crippen molar-refractivity contribution < 1.29 is 4.79 Å². The van der Waals surface area contributed by atoms with Gasteiger partial charge in [0, 0.05) is 24.2 Å². The van der Waals surface area contributed by atoms with E-state index in [9.17, 15) is 14.4 Å². The molecule has 3 heterocycles. The largest absolute Gasteiger partial charge is 0.333 e. The van der Waals surface area contributed by atoms with Gasteiger partial charge in [-0.05, 0) is 31.2 Å². The fourth-order valence-electron chi connectivity index (χ4n) is 3.16. The third-order valence-corrected chi connectivity index (χ3v) is 5.41. The summed E-state index contributed by atoms with van der Waals surface area (Å²) in [7, 11) is 0. The van der Waals surface area contributed by atoms with Gasteiger partial charge in [-0.15, -0.1) is 11.3 Å². The van der Waals surface area contributed by atoms with Crippen LogP contribution in [0.5, 0.6) is 0 Å². The lowest BCUT2D eigenvalue weighted by Gasteiger charge is -2.24. The third-order valence-electron chi connectivity index (χ3n) is 4.44. The lowest BCUT2D eigenvalue weighted by Crippen LogP contribution is -2.45. The van der Waals surface area contributed by atoms with Gasteiger partial charge in [0.05, 0.1) is 6.04 Å². The minimum atomic E-state index is -0.711. The van der Waals surface area contributed by atoms with Gasteiger partial charge < -0.3 is 4.90 Å². The van der Waals surface area contributed by atoms with Crippen molar-refractivity contribution in [3.8, 4) is 6.07 Å². The van der Waals surface area contributed by atoms with E-state index < -0.39 is 11.2 Å². The highest BCUT2D eigenvalue weighted by atomic mass is 32.1. The van der Waals surface area contributed by atoms with E-state index >= 15 is 0 Å². The molecular weight excluding hydrogens is 340 g/mol. The minimum Gasteiger partial charge on any atom is -0.333 e. The molecule has 1 aliphatic heterocycles. The minimum absolute atomic E-state index is 0.00393. The number of hydrogen-bond acceptors (Lipinski definition) is 5. The van der Waals surface area contributed by atoms with Gasteiger partial charge in [-0.25, -0.2) is 9.36 Å². The Bertz CT molecular complexity index is 936. The number of likely N-dealkylation sites (tertiary alicyclic amines) is 1. The number of amides is 1. The highest BCUT2D eigenvalue weighted by Crippen LogP contribution is 2.34. The Morgan fingerprint density at radius 3 is 2.88 bits per heavy atom. The third kappa shape index (κ3) is 3.15. The van der Waals surface area contributed by atoms with Crippen LogP contribution in [0, 0.1) is 11.3 Å². The van der Waals surface area contributed by atoms with Gasteiger partial charge in [0.25, 0.3) is 5.56 Å². The summed E-state index contributed by atoms with van der Waals surface area (Å²) >= 11 is 1.59. The maximum Gasteiger partial charge on any atom is 0.331 e. The first kappa shape index (κ1) is 17.2. The molecule has 0 bridgehead atoms. The first-order chi connectivity index (χ1) is 12.1. The van der Waals surface area contributed by atoms with Gasteiger partial charge in [0.15, 0.2) is 0 Å². The number of nitrogens with zero attached hydrogens (tertiary/aromatic N) is 4. The average molecular weight is 358 g/mol. The number of hydrogen-bond donors (Lipinski definition) is 0. The molecule has 0 radical (unpaired) electrons. The Hall–Kier alpha value is -2.66. The molecule has 2 aromatic rings. The number of carbonyl (C=O) groups is 1. The molecule has 0 unspecified atom stereocenters.